The molecule has 0 aliphatic heterocycles. The van der Waals surface area contributed by atoms with Crippen molar-refractivity contribution in [3.63, 3.8) is 0 Å². The van der Waals surface area contributed by atoms with Gasteiger partial charge in [-0.15, -0.1) is 0 Å². The first-order valence-electron chi connectivity index (χ1n) is 10.0. The van der Waals surface area contributed by atoms with Crippen LogP contribution >= 0.6 is 0 Å². The highest BCUT2D eigenvalue weighted by atomic mass is 16.2. The number of hydrogen-bond donors (Lipinski definition) is 0. The van der Waals surface area contributed by atoms with E-state index in [-0.39, 0.29) is 23.3 Å². The summed E-state index contributed by atoms with van der Waals surface area (Å²) in [6, 6.07) is 0. The van der Waals surface area contributed by atoms with Crippen LogP contribution < -0.4 is 0 Å². The second kappa shape index (κ2) is 10.5. The van der Waals surface area contributed by atoms with E-state index in [1.54, 1.807) is 0 Å². The van der Waals surface area contributed by atoms with Gasteiger partial charge in [-0.2, -0.15) is 0 Å². The van der Waals surface area contributed by atoms with E-state index in [0.29, 0.717) is 31.6 Å². The third kappa shape index (κ3) is 6.05. The molecule has 1 fully saturated rings. The Hall–Kier alpha value is -1.51. The van der Waals surface area contributed by atoms with Crippen LogP contribution in [0.2, 0.25) is 0 Å². The van der Waals surface area contributed by atoms with Crippen molar-refractivity contribution in [2.24, 2.45) is 17.8 Å². The summed E-state index contributed by atoms with van der Waals surface area (Å²) in [6.07, 6.45) is 18.3. The average Bonchev–Trinajstić information content (AvgIpc) is 2.55. The fraction of sp³-hybridized carbons (Fsp3) is 0.682. The van der Waals surface area contributed by atoms with Crippen molar-refractivity contribution in [1.82, 2.24) is 0 Å². The molecular weight excluding hydrogens is 312 g/mol. The molecule has 1 saturated carbocycles. The van der Waals surface area contributed by atoms with E-state index in [9.17, 15) is 14.4 Å². The highest BCUT2D eigenvalue weighted by Gasteiger charge is 2.41. The quantitative estimate of drug-likeness (QED) is 0.533. The van der Waals surface area contributed by atoms with Crippen molar-refractivity contribution in [3.05, 3.63) is 24.3 Å². The normalized spacial score (nSPS) is 31.6. The summed E-state index contributed by atoms with van der Waals surface area (Å²) in [5.41, 5.74) is 0. The number of rotatable bonds is 4. The zero-order valence-corrected chi connectivity index (χ0v) is 15.5. The van der Waals surface area contributed by atoms with Gasteiger partial charge in [-0.05, 0) is 63.2 Å². The first-order chi connectivity index (χ1) is 12.1. The monoisotopic (exact) mass is 344 g/mol. The summed E-state index contributed by atoms with van der Waals surface area (Å²) < 4.78 is 0. The lowest BCUT2D eigenvalue weighted by molar-refractivity contribution is -0.144. The van der Waals surface area contributed by atoms with Crippen molar-refractivity contribution < 1.29 is 14.4 Å². The maximum absolute atomic E-state index is 12.5. The van der Waals surface area contributed by atoms with E-state index in [4.69, 9.17) is 0 Å². The Morgan fingerprint density at radius 2 is 1.48 bits per heavy atom. The minimum Gasteiger partial charge on any atom is -0.298 e. The van der Waals surface area contributed by atoms with Gasteiger partial charge in [0.05, 0.1) is 0 Å². The van der Waals surface area contributed by atoms with Gasteiger partial charge in [0.25, 0.3) is 0 Å². The third-order valence-corrected chi connectivity index (χ3v) is 5.54. The first-order valence-corrected chi connectivity index (χ1v) is 10.0. The molecule has 0 amide bonds. The Bertz CT molecular complexity index is 511. The Labute approximate surface area is 151 Å². The zero-order valence-electron chi connectivity index (χ0n) is 15.5. The second-order valence-electron chi connectivity index (χ2n) is 7.54. The lowest BCUT2D eigenvalue weighted by atomic mass is 9.70. The minimum absolute atomic E-state index is 0.124. The number of ketones is 3. The minimum atomic E-state index is -0.953. The predicted octanol–water partition coefficient (Wildman–Crippen LogP) is 4.99. The summed E-state index contributed by atoms with van der Waals surface area (Å²) >= 11 is 0. The van der Waals surface area contributed by atoms with Gasteiger partial charge >= 0.3 is 0 Å². The predicted molar refractivity (Wildman–Crippen MR) is 100 cm³/mol. The average molecular weight is 344 g/mol. The number of hydrogen-bond acceptors (Lipinski definition) is 3. The Balaban J connectivity index is 2.00. The van der Waals surface area contributed by atoms with E-state index in [0.717, 1.165) is 44.9 Å². The van der Waals surface area contributed by atoms with Gasteiger partial charge in [0.2, 0.25) is 0 Å². The molecule has 2 rings (SSSR count). The standard InChI is InChI=1S/C22H32O3/c1-2-12-19(23)22-20(24)15-18(16-21(22)25)17-13-10-8-6-4-3-5-7-9-11-14-17/h4,6-7,9,17-18,22H,2-3,5,8,10-16H2,1H3/b6-4-,9-7-. The molecule has 0 N–H and O–H groups in total. The van der Waals surface area contributed by atoms with Crippen LogP contribution in [0.3, 0.4) is 0 Å². The topological polar surface area (TPSA) is 51.2 Å². The molecule has 0 aromatic carbocycles. The molecule has 0 aromatic heterocycles. The van der Waals surface area contributed by atoms with Gasteiger partial charge in [0.1, 0.15) is 5.92 Å². The highest BCUT2D eigenvalue weighted by Crippen LogP contribution is 2.35. The Morgan fingerprint density at radius 1 is 0.880 bits per heavy atom. The molecule has 138 valence electrons. The van der Waals surface area contributed by atoms with Gasteiger partial charge in [-0.3, -0.25) is 14.4 Å². The lowest BCUT2D eigenvalue weighted by Gasteiger charge is -2.32. The molecule has 1 unspecified atom stereocenters. The van der Waals surface area contributed by atoms with Crippen LogP contribution in [0.5, 0.6) is 0 Å². The van der Waals surface area contributed by atoms with E-state index < -0.39 is 5.92 Å². The summed E-state index contributed by atoms with van der Waals surface area (Å²) in [5.74, 6) is -0.825. The van der Waals surface area contributed by atoms with E-state index >= 15 is 0 Å². The zero-order chi connectivity index (χ0) is 18.1. The van der Waals surface area contributed by atoms with Gasteiger partial charge in [-0.25, -0.2) is 0 Å². The number of carbonyl (C=O) groups is 3. The third-order valence-electron chi connectivity index (χ3n) is 5.54. The number of carbonyl (C=O) groups excluding carboxylic acids is 3. The molecule has 3 nitrogen and oxygen atoms in total. The van der Waals surface area contributed by atoms with E-state index in [1.165, 1.54) is 0 Å². The molecule has 0 bridgehead atoms. The number of allylic oxidation sites excluding steroid dienone is 4. The summed E-state index contributed by atoms with van der Waals surface area (Å²) in [6.45, 7) is 1.91. The summed E-state index contributed by atoms with van der Waals surface area (Å²) in [7, 11) is 0. The van der Waals surface area contributed by atoms with Crippen LogP contribution in [-0.4, -0.2) is 17.3 Å². The van der Waals surface area contributed by atoms with Crippen molar-refractivity contribution >= 4 is 17.3 Å². The fourth-order valence-corrected chi connectivity index (χ4v) is 4.18. The molecule has 25 heavy (non-hydrogen) atoms. The van der Waals surface area contributed by atoms with Crippen LogP contribution in [0.1, 0.15) is 77.6 Å². The van der Waals surface area contributed by atoms with E-state index in [2.05, 4.69) is 24.3 Å². The molecule has 0 saturated heterocycles. The molecule has 0 spiro atoms. The lowest BCUT2D eigenvalue weighted by Crippen LogP contribution is -2.40. The van der Waals surface area contributed by atoms with Crippen LogP contribution in [0.15, 0.2) is 24.3 Å². The van der Waals surface area contributed by atoms with Crippen molar-refractivity contribution in [3.8, 4) is 0 Å². The van der Waals surface area contributed by atoms with Crippen molar-refractivity contribution in [2.45, 2.75) is 77.6 Å². The maximum atomic E-state index is 12.5. The van der Waals surface area contributed by atoms with Gasteiger partial charge < -0.3 is 0 Å². The second-order valence-corrected chi connectivity index (χ2v) is 7.54. The molecule has 1 atom stereocenters. The van der Waals surface area contributed by atoms with Gasteiger partial charge in [0, 0.05) is 19.3 Å². The molecule has 2 aliphatic carbocycles. The van der Waals surface area contributed by atoms with Crippen LogP contribution in [0.4, 0.5) is 0 Å². The largest absolute Gasteiger partial charge is 0.298 e. The maximum Gasteiger partial charge on any atom is 0.151 e. The van der Waals surface area contributed by atoms with Crippen molar-refractivity contribution in [1.29, 1.82) is 0 Å². The van der Waals surface area contributed by atoms with Gasteiger partial charge in [0.15, 0.2) is 17.3 Å². The molecule has 3 heteroatoms. The van der Waals surface area contributed by atoms with Gasteiger partial charge in [-0.1, -0.05) is 31.2 Å². The van der Waals surface area contributed by atoms with Crippen LogP contribution in [-0.2, 0) is 14.4 Å². The van der Waals surface area contributed by atoms with E-state index in [1.807, 2.05) is 6.92 Å². The highest BCUT2D eigenvalue weighted by molar-refractivity contribution is 6.20. The summed E-state index contributed by atoms with van der Waals surface area (Å²) in [5, 5.41) is 0. The first kappa shape index (κ1) is 19.8. The summed E-state index contributed by atoms with van der Waals surface area (Å²) in [4.78, 5) is 37.1. The Morgan fingerprint density at radius 3 is 2.12 bits per heavy atom. The molecule has 2 aliphatic rings. The van der Waals surface area contributed by atoms with Crippen molar-refractivity contribution in [2.75, 3.05) is 0 Å². The molecule has 0 aromatic rings. The Kier molecular flexibility index (Phi) is 8.30. The molecule has 0 heterocycles. The van der Waals surface area contributed by atoms with Crippen LogP contribution in [0.25, 0.3) is 0 Å². The smallest absolute Gasteiger partial charge is 0.151 e. The number of Topliss-reactive ketones (excluding diaryl/α,β-unsaturated/α-hetero) is 3. The molecule has 0 radical (unpaired) electrons. The fourth-order valence-electron chi connectivity index (χ4n) is 4.18. The van der Waals surface area contributed by atoms with Crippen LogP contribution in [0, 0.1) is 17.8 Å². The molecular formula is C22H32O3. The SMILES string of the molecule is CCCC(=O)C1C(=O)CC(C2CC/C=C\CC/C=C\CCC2)CC1=O.